The molecule has 0 aliphatic carbocycles. The van der Waals surface area contributed by atoms with Crippen LogP contribution in [0.1, 0.15) is 6.42 Å². The van der Waals surface area contributed by atoms with Gasteiger partial charge in [-0.25, -0.2) is 21.6 Å². The molecule has 0 spiro atoms. The number of benzene rings is 1. The number of carbonyl (C=O) groups excluding carboxylic acids is 2. The number of rotatable bonds is 6. The maximum absolute atomic E-state index is 13.6. The Hall–Kier alpha value is -2.14. The van der Waals surface area contributed by atoms with Crippen LogP contribution < -0.4 is 5.32 Å². The lowest BCUT2D eigenvalue weighted by atomic mass is 10.2. The lowest BCUT2D eigenvalue weighted by molar-refractivity contribution is -0.132. The SMILES string of the molecule is CN(CC(=O)Nc1ccc(F)c(F)c1F)CC(=O)N(C)[C@H]1CCS(=O)(=O)C1. The molecule has 7 nitrogen and oxygen atoms in total. The Balaban J connectivity index is 1.87. The smallest absolute Gasteiger partial charge is 0.238 e. The predicted octanol–water partition coefficient (Wildman–Crippen LogP) is 0.620. The molecular weight excluding hydrogens is 387 g/mol. The molecule has 1 heterocycles. The van der Waals surface area contributed by atoms with Crippen molar-refractivity contribution in [2.24, 2.45) is 0 Å². The summed E-state index contributed by atoms with van der Waals surface area (Å²) in [6, 6.07) is 1.18. The number of anilines is 1. The molecule has 1 N–H and O–H groups in total. The summed E-state index contributed by atoms with van der Waals surface area (Å²) < 4.78 is 62.6. The van der Waals surface area contributed by atoms with Crippen molar-refractivity contribution in [3.8, 4) is 0 Å². The van der Waals surface area contributed by atoms with Gasteiger partial charge in [0.2, 0.25) is 11.8 Å². The van der Waals surface area contributed by atoms with Crippen molar-refractivity contribution in [2.75, 3.05) is 44.0 Å². The lowest BCUT2D eigenvalue weighted by Crippen LogP contribution is -2.44. The minimum Gasteiger partial charge on any atom is -0.341 e. The van der Waals surface area contributed by atoms with Crippen LogP contribution in [0.15, 0.2) is 12.1 Å². The van der Waals surface area contributed by atoms with Crippen LogP contribution in [0.4, 0.5) is 18.9 Å². The van der Waals surface area contributed by atoms with Crippen LogP contribution in [0.25, 0.3) is 0 Å². The second-order valence-corrected chi connectivity index (χ2v) is 8.73. The Morgan fingerprint density at radius 1 is 1.15 bits per heavy atom. The fraction of sp³-hybridized carbons (Fsp3) is 0.500. The van der Waals surface area contributed by atoms with E-state index in [1.807, 2.05) is 0 Å². The Morgan fingerprint density at radius 2 is 1.81 bits per heavy atom. The first kappa shape index (κ1) is 21.2. The molecule has 1 saturated heterocycles. The molecule has 0 unspecified atom stereocenters. The van der Waals surface area contributed by atoms with Gasteiger partial charge in [-0.2, -0.15) is 0 Å². The minimum atomic E-state index is -3.13. The number of halogens is 3. The normalized spacial score (nSPS) is 18.5. The third kappa shape index (κ3) is 5.42. The summed E-state index contributed by atoms with van der Waals surface area (Å²) in [7, 11) is -0.162. The molecule has 1 aliphatic heterocycles. The molecule has 0 bridgehead atoms. The van der Waals surface area contributed by atoms with Crippen molar-refractivity contribution in [3.63, 3.8) is 0 Å². The summed E-state index contributed by atoms with van der Waals surface area (Å²) in [6.07, 6.45) is 0.365. The first-order valence-electron chi connectivity index (χ1n) is 8.08. The lowest BCUT2D eigenvalue weighted by Gasteiger charge is -2.26. The molecule has 0 aromatic heterocycles. The van der Waals surface area contributed by atoms with Gasteiger partial charge in [0.1, 0.15) is 0 Å². The Morgan fingerprint density at radius 3 is 2.41 bits per heavy atom. The highest BCUT2D eigenvalue weighted by Crippen LogP contribution is 2.19. The van der Waals surface area contributed by atoms with Crippen molar-refractivity contribution >= 4 is 27.3 Å². The maximum Gasteiger partial charge on any atom is 0.238 e. The number of likely N-dealkylation sites (N-methyl/N-ethyl adjacent to an activating group) is 2. The summed E-state index contributed by atoms with van der Waals surface area (Å²) in [5.41, 5.74) is -0.507. The molecule has 1 aromatic carbocycles. The zero-order valence-electron chi connectivity index (χ0n) is 14.8. The first-order chi connectivity index (χ1) is 12.5. The van der Waals surface area contributed by atoms with Crippen LogP contribution >= 0.6 is 0 Å². The number of hydrogen-bond acceptors (Lipinski definition) is 5. The monoisotopic (exact) mass is 407 g/mol. The van der Waals surface area contributed by atoms with Gasteiger partial charge in [0.25, 0.3) is 0 Å². The van der Waals surface area contributed by atoms with E-state index in [1.54, 1.807) is 0 Å². The van der Waals surface area contributed by atoms with Crippen LogP contribution in [0.5, 0.6) is 0 Å². The highest BCUT2D eigenvalue weighted by atomic mass is 32.2. The molecule has 27 heavy (non-hydrogen) atoms. The van der Waals surface area contributed by atoms with Gasteiger partial charge in [0.15, 0.2) is 27.3 Å². The zero-order valence-corrected chi connectivity index (χ0v) is 15.7. The van der Waals surface area contributed by atoms with E-state index in [0.717, 1.165) is 6.07 Å². The van der Waals surface area contributed by atoms with Crippen LogP contribution in [0.3, 0.4) is 0 Å². The highest BCUT2D eigenvalue weighted by Gasteiger charge is 2.32. The van der Waals surface area contributed by atoms with Crippen LogP contribution in [-0.2, 0) is 19.4 Å². The molecule has 1 aliphatic rings. The summed E-state index contributed by atoms with van der Waals surface area (Å²) in [5.74, 6) is -5.71. The molecule has 0 saturated carbocycles. The number of carbonyl (C=O) groups is 2. The summed E-state index contributed by atoms with van der Waals surface area (Å²) in [5, 5.41) is 2.11. The van der Waals surface area contributed by atoms with E-state index in [-0.39, 0.29) is 30.5 Å². The van der Waals surface area contributed by atoms with Gasteiger partial charge in [0.05, 0.1) is 30.3 Å². The summed E-state index contributed by atoms with van der Waals surface area (Å²) in [4.78, 5) is 26.8. The van der Waals surface area contributed by atoms with Gasteiger partial charge in [-0.05, 0) is 25.6 Å². The maximum atomic E-state index is 13.6. The summed E-state index contributed by atoms with van der Waals surface area (Å²) in [6.45, 7) is -0.471. The minimum absolute atomic E-state index is 0.0350. The quantitative estimate of drug-likeness (QED) is 0.699. The average Bonchev–Trinajstić information content (AvgIpc) is 2.94. The third-order valence-electron chi connectivity index (χ3n) is 4.28. The predicted molar refractivity (Wildman–Crippen MR) is 92.3 cm³/mol. The van der Waals surface area contributed by atoms with Gasteiger partial charge in [0, 0.05) is 13.1 Å². The second-order valence-electron chi connectivity index (χ2n) is 6.50. The Labute approximate surface area is 155 Å². The van der Waals surface area contributed by atoms with Gasteiger partial charge >= 0.3 is 0 Å². The van der Waals surface area contributed by atoms with Gasteiger partial charge in [-0.15, -0.1) is 0 Å². The molecule has 11 heteroatoms. The fourth-order valence-corrected chi connectivity index (χ4v) is 4.51. The molecule has 2 rings (SSSR count). The van der Waals surface area contributed by atoms with E-state index in [2.05, 4.69) is 5.32 Å². The highest BCUT2D eigenvalue weighted by molar-refractivity contribution is 7.91. The molecule has 2 amide bonds. The van der Waals surface area contributed by atoms with Crippen LogP contribution in [0, 0.1) is 17.5 Å². The molecule has 0 radical (unpaired) electrons. The van der Waals surface area contributed by atoms with E-state index in [1.165, 1.54) is 23.9 Å². The van der Waals surface area contributed by atoms with E-state index >= 15 is 0 Å². The molecular formula is C16H20F3N3O4S. The third-order valence-corrected chi connectivity index (χ3v) is 6.03. The van der Waals surface area contributed by atoms with E-state index < -0.39 is 44.9 Å². The van der Waals surface area contributed by atoms with Gasteiger partial charge in [-0.3, -0.25) is 14.5 Å². The number of sulfone groups is 1. The van der Waals surface area contributed by atoms with Crippen molar-refractivity contribution in [1.82, 2.24) is 9.80 Å². The van der Waals surface area contributed by atoms with Crippen molar-refractivity contribution in [1.29, 1.82) is 0 Å². The van der Waals surface area contributed by atoms with Crippen molar-refractivity contribution < 1.29 is 31.2 Å². The van der Waals surface area contributed by atoms with Gasteiger partial charge < -0.3 is 10.2 Å². The second kappa shape index (κ2) is 8.26. The topological polar surface area (TPSA) is 86.8 Å². The number of amides is 2. The average molecular weight is 407 g/mol. The van der Waals surface area contributed by atoms with E-state index in [9.17, 15) is 31.2 Å². The Bertz CT molecular complexity index is 848. The first-order valence-corrected chi connectivity index (χ1v) is 9.90. The molecule has 150 valence electrons. The molecule has 1 fully saturated rings. The summed E-state index contributed by atoms with van der Waals surface area (Å²) >= 11 is 0. The molecule has 1 atom stereocenters. The number of hydrogen-bond donors (Lipinski definition) is 1. The van der Waals surface area contributed by atoms with Gasteiger partial charge in [-0.1, -0.05) is 0 Å². The van der Waals surface area contributed by atoms with E-state index in [4.69, 9.17) is 0 Å². The van der Waals surface area contributed by atoms with Crippen molar-refractivity contribution in [3.05, 3.63) is 29.6 Å². The van der Waals surface area contributed by atoms with Crippen LogP contribution in [-0.4, -0.2) is 74.8 Å². The standard InChI is InChI=1S/C16H20F3N3O4S/c1-21(8-14(24)22(2)10-5-6-27(25,26)9-10)7-13(23)20-12-4-3-11(17)15(18)16(12)19/h3-4,10H,5-9H2,1-2H3,(H,20,23)/t10-/m0/s1. The van der Waals surface area contributed by atoms with Crippen LogP contribution in [0.2, 0.25) is 0 Å². The Kier molecular flexibility index (Phi) is 6.47. The number of nitrogens with one attached hydrogen (secondary N) is 1. The number of nitrogens with zero attached hydrogens (tertiary/aromatic N) is 2. The fourth-order valence-electron chi connectivity index (χ4n) is 2.74. The van der Waals surface area contributed by atoms with Crippen molar-refractivity contribution in [2.45, 2.75) is 12.5 Å². The van der Waals surface area contributed by atoms with E-state index in [0.29, 0.717) is 12.5 Å². The molecule has 1 aromatic rings. The largest absolute Gasteiger partial charge is 0.341 e. The zero-order chi connectivity index (χ0) is 20.4.